The highest BCUT2D eigenvalue weighted by Gasteiger charge is 2.32. The van der Waals surface area contributed by atoms with Crippen LogP contribution in [-0.2, 0) is 0 Å². The molecule has 2 unspecified atom stereocenters. The van der Waals surface area contributed by atoms with Gasteiger partial charge in [-0.15, -0.1) is 0 Å². The maximum atomic E-state index is 3.85. The van der Waals surface area contributed by atoms with Crippen molar-refractivity contribution in [2.75, 3.05) is 11.5 Å². The molecule has 1 saturated heterocycles. The molecule has 1 fully saturated rings. The lowest BCUT2D eigenvalue weighted by Crippen LogP contribution is -2.49. The first-order valence-corrected chi connectivity index (χ1v) is 8.05. The second-order valence-electron chi connectivity index (χ2n) is 5.93. The molecule has 0 bridgehead atoms. The fourth-order valence-electron chi connectivity index (χ4n) is 2.34. The van der Waals surface area contributed by atoms with Gasteiger partial charge < -0.3 is 5.32 Å². The average molecular weight is 243 g/mol. The van der Waals surface area contributed by atoms with E-state index < -0.39 is 0 Å². The van der Waals surface area contributed by atoms with Crippen LogP contribution in [0.5, 0.6) is 0 Å². The van der Waals surface area contributed by atoms with Crippen molar-refractivity contribution >= 4 is 11.8 Å². The lowest BCUT2D eigenvalue weighted by atomic mass is 9.82. The van der Waals surface area contributed by atoms with E-state index >= 15 is 0 Å². The molecular formula is C14H29NS. The van der Waals surface area contributed by atoms with Crippen LogP contribution in [-0.4, -0.2) is 23.6 Å². The molecule has 1 rings (SSSR count). The van der Waals surface area contributed by atoms with Crippen LogP contribution in [0.4, 0.5) is 0 Å². The highest BCUT2D eigenvalue weighted by atomic mass is 32.2. The molecule has 0 aromatic rings. The summed E-state index contributed by atoms with van der Waals surface area (Å²) in [5, 5.41) is 3.85. The van der Waals surface area contributed by atoms with E-state index in [1.165, 1.54) is 43.6 Å². The lowest BCUT2D eigenvalue weighted by molar-refractivity contribution is 0.227. The Labute approximate surface area is 106 Å². The fourth-order valence-corrected chi connectivity index (χ4v) is 3.96. The molecule has 1 nitrogen and oxygen atoms in total. The van der Waals surface area contributed by atoms with Gasteiger partial charge in [0.2, 0.25) is 0 Å². The monoisotopic (exact) mass is 243 g/mol. The number of unbranched alkanes of at least 4 members (excludes halogenated alkanes) is 2. The van der Waals surface area contributed by atoms with Crippen LogP contribution >= 0.6 is 11.8 Å². The van der Waals surface area contributed by atoms with Crippen molar-refractivity contribution in [1.29, 1.82) is 0 Å². The van der Waals surface area contributed by atoms with Crippen LogP contribution in [0.15, 0.2) is 0 Å². The molecule has 1 aliphatic heterocycles. The number of thioether (sulfide) groups is 1. The topological polar surface area (TPSA) is 12.0 Å². The summed E-state index contributed by atoms with van der Waals surface area (Å²) < 4.78 is 0. The van der Waals surface area contributed by atoms with Gasteiger partial charge in [-0.2, -0.15) is 11.8 Å². The third kappa shape index (κ3) is 4.67. The molecule has 2 atom stereocenters. The van der Waals surface area contributed by atoms with Gasteiger partial charge in [0.25, 0.3) is 0 Å². The van der Waals surface area contributed by atoms with Crippen molar-refractivity contribution in [2.45, 2.75) is 71.9 Å². The van der Waals surface area contributed by atoms with Gasteiger partial charge >= 0.3 is 0 Å². The van der Waals surface area contributed by atoms with Crippen molar-refractivity contribution in [2.24, 2.45) is 5.41 Å². The molecule has 0 aromatic carbocycles. The molecule has 1 heterocycles. The Bertz CT molecular complexity index is 191. The quantitative estimate of drug-likeness (QED) is 0.706. The summed E-state index contributed by atoms with van der Waals surface area (Å²) in [5.41, 5.74) is 0.490. The van der Waals surface area contributed by atoms with E-state index in [2.05, 4.69) is 44.8 Å². The normalized spacial score (nSPS) is 26.6. The molecule has 16 heavy (non-hydrogen) atoms. The molecule has 0 amide bonds. The molecule has 0 aliphatic carbocycles. The molecule has 96 valence electrons. The van der Waals surface area contributed by atoms with Crippen molar-refractivity contribution in [3.63, 3.8) is 0 Å². The number of rotatable bonds is 6. The number of nitrogens with one attached hydrogen (secondary N) is 1. The van der Waals surface area contributed by atoms with E-state index in [1.807, 2.05) is 0 Å². The second-order valence-corrected chi connectivity index (χ2v) is 7.08. The zero-order chi connectivity index (χ0) is 12.0. The van der Waals surface area contributed by atoms with Crippen LogP contribution in [0.3, 0.4) is 0 Å². The van der Waals surface area contributed by atoms with Gasteiger partial charge in [-0.1, -0.05) is 40.0 Å². The van der Waals surface area contributed by atoms with Crippen molar-refractivity contribution < 1.29 is 0 Å². The molecule has 1 N–H and O–H groups in total. The van der Waals surface area contributed by atoms with E-state index in [0.717, 1.165) is 0 Å². The summed E-state index contributed by atoms with van der Waals surface area (Å²) in [6.45, 7) is 9.47. The maximum Gasteiger partial charge on any atom is 0.0212 e. The molecule has 0 radical (unpaired) electrons. The van der Waals surface area contributed by atoms with E-state index in [9.17, 15) is 0 Å². The van der Waals surface area contributed by atoms with Crippen molar-refractivity contribution in [3.8, 4) is 0 Å². The Balaban J connectivity index is 2.28. The molecule has 0 aromatic heterocycles. The third-order valence-electron chi connectivity index (χ3n) is 3.84. The van der Waals surface area contributed by atoms with Crippen LogP contribution < -0.4 is 5.32 Å². The second kappa shape index (κ2) is 6.90. The minimum absolute atomic E-state index is 0.490. The van der Waals surface area contributed by atoms with Crippen LogP contribution in [0, 0.1) is 5.41 Å². The van der Waals surface area contributed by atoms with E-state index in [4.69, 9.17) is 0 Å². The lowest BCUT2D eigenvalue weighted by Gasteiger charge is -2.40. The molecular weight excluding hydrogens is 214 g/mol. The number of hydrogen-bond acceptors (Lipinski definition) is 2. The summed E-state index contributed by atoms with van der Waals surface area (Å²) in [6.07, 6.45) is 6.79. The SMILES string of the molecule is CCCCCC(C)NC1CSCCC1(C)C. The summed E-state index contributed by atoms with van der Waals surface area (Å²) in [5.74, 6) is 2.64. The highest BCUT2D eigenvalue weighted by Crippen LogP contribution is 2.34. The van der Waals surface area contributed by atoms with Gasteiger partial charge in [0.05, 0.1) is 0 Å². The smallest absolute Gasteiger partial charge is 0.0212 e. The highest BCUT2D eigenvalue weighted by molar-refractivity contribution is 7.99. The zero-order valence-electron chi connectivity index (χ0n) is 11.5. The summed E-state index contributed by atoms with van der Waals surface area (Å²) >= 11 is 2.11. The Kier molecular flexibility index (Phi) is 6.20. The predicted molar refractivity (Wildman–Crippen MR) is 76.3 cm³/mol. The van der Waals surface area contributed by atoms with E-state index in [1.54, 1.807) is 0 Å². The van der Waals surface area contributed by atoms with Gasteiger partial charge in [0, 0.05) is 17.8 Å². The first kappa shape index (κ1) is 14.4. The first-order valence-electron chi connectivity index (χ1n) is 6.90. The van der Waals surface area contributed by atoms with E-state index in [-0.39, 0.29) is 0 Å². The maximum absolute atomic E-state index is 3.85. The minimum atomic E-state index is 0.490. The third-order valence-corrected chi connectivity index (χ3v) is 4.91. The Hall–Kier alpha value is 0.310. The average Bonchev–Trinajstić information content (AvgIpc) is 2.21. The predicted octanol–water partition coefficient (Wildman–Crippen LogP) is 4.08. The van der Waals surface area contributed by atoms with Gasteiger partial charge in [-0.3, -0.25) is 0 Å². The van der Waals surface area contributed by atoms with Crippen molar-refractivity contribution in [1.82, 2.24) is 5.32 Å². The van der Waals surface area contributed by atoms with Crippen LogP contribution in [0.25, 0.3) is 0 Å². The summed E-state index contributed by atoms with van der Waals surface area (Å²) in [4.78, 5) is 0. The largest absolute Gasteiger partial charge is 0.310 e. The van der Waals surface area contributed by atoms with Gasteiger partial charge in [-0.05, 0) is 30.9 Å². The van der Waals surface area contributed by atoms with Gasteiger partial charge in [0.15, 0.2) is 0 Å². The van der Waals surface area contributed by atoms with Crippen LogP contribution in [0.2, 0.25) is 0 Å². The molecule has 1 aliphatic rings. The molecule has 2 heteroatoms. The Morgan fingerprint density at radius 3 is 2.75 bits per heavy atom. The Morgan fingerprint density at radius 1 is 1.38 bits per heavy atom. The first-order chi connectivity index (χ1) is 7.56. The van der Waals surface area contributed by atoms with Crippen LogP contribution in [0.1, 0.15) is 59.8 Å². The minimum Gasteiger partial charge on any atom is -0.310 e. The molecule has 0 saturated carbocycles. The molecule has 0 spiro atoms. The van der Waals surface area contributed by atoms with E-state index in [0.29, 0.717) is 17.5 Å². The zero-order valence-corrected chi connectivity index (χ0v) is 12.3. The summed E-state index contributed by atoms with van der Waals surface area (Å²) in [6, 6.07) is 1.40. The fraction of sp³-hybridized carbons (Fsp3) is 1.00. The summed E-state index contributed by atoms with van der Waals surface area (Å²) in [7, 11) is 0. The number of hydrogen-bond donors (Lipinski definition) is 1. The van der Waals surface area contributed by atoms with Crippen molar-refractivity contribution in [3.05, 3.63) is 0 Å². The standard InChI is InChI=1S/C14H29NS/c1-5-6-7-8-12(2)15-13-11-16-10-9-14(13,3)4/h12-13,15H,5-11H2,1-4H3. The van der Waals surface area contributed by atoms with Gasteiger partial charge in [0.1, 0.15) is 0 Å². The van der Waals surface area contributed by atoms with Gasteiger partial charge in [-0.25, -0.2) is 0 Å². The Morgan fingerprint density at radius 2 is 2.12 bits per heavy atom.